The maximum Gasteiger partial charge on any atom is 0.0247 e. The molecule has 94 valence electrons. The van der Waals surface area contributed by atoms with Crippen LogP contribution < -0.4 is 5.73 Å². The molecule has 2 nitrogen and oxygen atoms in total. The van der Waals surface area contributed by atoms with Crippen LogP contribution in [0, 0.1) is 11.3 Å². The smallest absolute Gasteiger partial charge is 0.0247 e. The second-order valence-electron chi connectivity index (χ2n) is 6.56. The van der Waals surface area contributed by atoms with Crippen molar-refractivity contribution in [3.05, 3.63) is 0 Å². The number of likely N-dealkylation sites (tertiary alicyclic amines) is 1. The zero-order valence-corrected chi connectivity index (χ0v) is 11.2. The summed E-state index contributed by atoms with van der Waals surface area (Å²) in [5.41, 5.74) is 6.50. The van der Waals surface area contributed by atoms with E-state index in [-0.39, 0.29) is 0 Å². The lowest BCUT2D eigenvalue weighted by atomic mass is 9.82. The SMILES string of the molecule is CC1CCCN(C2CCCC2(C)C)C1CN. The molecule has 1 saturated heterocycles. The molecular weight excluding hydrogens is 196 g/mol. The Morgan fingerprint density at radius 3 is 2.56 bits per heavy atom. The highest BCUT2D eigenvalue weighted by molar-refractivity contribution is 4.96. The molecule has 1 aliphatic carbocycles. The van der Waals surface area contributed by atoms with Crippen molar-refractivity contribution in [1.29, 1.82) is 0 Å². The Hall–Kier alpha value is -0.0800. The first-order valence-electron chi connectivity index (χ1n) is 7.02. The van der Waals surface area contributed by atoms with Crippen molar-refractivity contribution in [3.63, 3.8) is 0 Å². The van der Waals surface area contributed by atoms with Crippen LogP contribution in [0.3, 0.4) is 0 Å². The van der Waals surface area contributed by atoms with Crippen LogP contribution in [0.5, 0.6) is 0 Å². The molecule has 0 aromatic rings. The zero-order chi connectivity index (χ0) is 11.8. The molecule has 2 fully saturated rings. The predicted molar refractivity (Wildman–Crippen MR) is 69.4 cm³/mol. The summed E-state index contributed by atoms with van der Waals surface area (Å²) in [5.74, 6) is 0.787. The van der Waals surface area contributed by atoms with E-state index in [9.17, 15) is 0 Å². The van der Waals surface area contributed by atoms with E-state index in [1.165, 1.54) is 38.6 Å². The second-order valence-corrected chi connectivity index (χ2v) is 6.56. The minimum Gasteiger partial charge on any atom is -0.329 e. The highest BCUT2D eigenvalue weighted by atomic mass is 15.2. The number of nitrogens with two attached hydrogens (primary N) is 1. The normalized spacial score (nSPS) is 40.1. The predicted octanol–water partition coefficient (Wildman–Crippen LogP) is 2.62. The topological polar surface area (TPSA) is 29.3 Å². The van der Waals surface area contributed by atoms with E-state index >= 15 is 0 Å². The van der Waals surface area contributed by atoms with Gasteiger partial charge in [0.25, 0.3) is 0 Å². The first-order valence-corrected chi connectivity index (χ1v) is 7.02. The molecule has 1 heterocycles. The van der Waals surface area contributed by atoms with Gasteiger partial charge in [0, 0.05) is 18.6 Å². The molecule has 2 aliphatic rings. The van der Waals surface area contributed by atoms with Crippen molar-refractivity contribution >= 4 is 0 Å². The van der Waals surface area contributed by atoms with Gasteiger partial charge in [-0.05, 0) is 43.6 Å². The Bertz CT molecular complexity index is 237. The lowest BCUT2D eigenvalue weighted by Crippen LogP contribution is -2.55. The van der Waals surface area contributed by atoms with Crippen LogP contribution in [0.25, 0.3) is 0 Å². The van der Waals surface area contributed by atoms with Crippen molar-refractivity contribution in [2.75, 3.05) is 13.1 Å². The van der Waals surface area contributed by atoms with Gasteiger partial charge in [-0.25, -0.2) is 0 Å². The minimum absolute atomic E-state index is 0.504. The molecule has 0 radical (unpaired) electrons. The van der Waals surface area contributed by atoms with Crippen LogP contribution in [0.2, 0.25) is 0 Å². The van der Waals surface area contributed by atoms with Gasteiger partial charge >= 0.3 is 0 Å². The Kier molecular flexibility index (Phi) is 3.60. The molecule has 0 aromatic heterocycles. The largest absolute Gasteiger partial charge is 0.329 e. The first-order chi connectivity index (χ1) is 7.56. The Morgan fingerprint density at radius 2 is 2.00 bits per heavy atom. The van der Waals surface area contributed by atoms with Crippen molar-refractivity contribution in [2.45, 2.75) is 65.0 Å². The molecule has 2 N–H and O–H groups in total. The van der Waals surface area contributed by atoms with Crippen molar-refractivity contribution in [2.24, 2.45) is 17.1 Å². The summed E-state index contributed by atoms with van der Waals surface area (Å²) in [6, 6.07) is 1.42. The van der Waals surface area contributed by atoms with Crippen molar-refractivity contribution < 1.29 is 0 Å². The highest BCUT2D eigenvalue weighted by Gasteiger charge is 2.42. The molecule has 0 amide bonds. The van der Waals surface area contributed by atoms with Gasteiger partial charge in [-0.15, -0.1) is 0 Å². The summed E-state index contributed by atoms with van der Waals surface area (Å²) in [6.45, 7) is 9.38. The lowest BCUT2D eigenvalue weighted by Gasteiger charge is -2.47. The van der Waals surface area contributed by atoms with Crippen LogP contribution in [-0.4, -0.2) is 30.1 Å². The third-order valence-corrected chi connectivity index (χ3v) is 5.00. The molecule has 3 atom stereocenters. The Balaban J connectivity index is 2.12. The van der Waals surface area contributed by atoms with Crippen molar-refractivity contribution in [3.8, 4) is 0 Å². The number of hydrogen-bond acceptors (Lipinski definition) is 2. The van der Waals surface area contributed by atoms with Gasteiger partial charge in [0.15, 0.2) is 0 Å². The first kappa shape index (κ1) is 12.4. The standard InChI is InChI=1S/C14H28N2/c1-11-6-5-9-16(12(11)10-15)13-7-4-8-14(13,2)3/h11-13H,4-10,15H2,1-3H3. The maximum absolute atomic E-state index is 6.00. The van der Waals surface area contributed by atoms with Gasteiger partial charge in [-0.3, -0.25) is 4.90 Å². The minimum atomic E-state index is 0.504. The van der Waals surface area contributed by atoms with Gasteiger partial charge < -0.3 is 5.73 Å². The molecule has 2 heteroatoms. The molecule has 1 aliphatic heterocycles. The molecule has 16 heavy (non-hydrogen) atoms. The Morgan fingerprint density at radius 1 is 1.25 bits per heavy atom. The fraction of sp³-hybridized carbons (Fsp3) is 1.00. The summed E-state index contributed by atoms with van der Waals surface area (Å²) >= 11 is 0. The van der Waals surface area contributed by atoms with Gasteiger partial charge in [-0.2, -0.15) is 0 Å². The van der Waals surface area contributed by atoms with Crippen LogP contribution in [0.4, 0.5) is 0 Å². The van der Waals surface area contributed by atoms with E-state index in [0.717, 1.165) is 18.5 Å². The van der Waals surface area contributed by atoms with Gasteiger partial charge in [0.2, 0.25) is 0 Å². The number of piperidine rings is 1. The molecular formula is C14H28N2. The monoisotopic (exact) mass is 224 g/mol. The third-order valence-electron chi connectivity index (χ3n) is 5.00. The van der Waals surface area contributed by atoms with E-state index in [0.29, 0.717) is 11.5 Å². The van der Waals surface area contributed by atoms with E-state index in [2.05, 4.69) is 25.7 Å². The molecule has 1 saturated carbocycles. The summed E-state index contributed by atoms with van der Waals surface area (Å²) in [5, 5.41) is 0. The van der Waals surface area contributed by atoms with Crippen LogP contribution in [-0.2, 0) is 0 Å². The maximum atomic E-state index is 6.00. The molecule has 0 bridgehead atoms. The van der Waals surface area contributed by atoms with E-state index in [4.69, 9.17) is 5.73 Å². The quantitative estimate of drug-likeness (QED) is 0.781. The summed E-state index contributed by atoms with van der Waals surface area (Å²) in [4.78, 5) is 2.75. The average Bonchev–Trinajstić information content (AvgIpc) is 2.57. The van der Waals surface area contributed by atoms with Gasteiger partial charge in [0.05, 0.1) is 0 Å². The van der Waals surface area contributed by atoms with Crippen molar-refractivity contribution in [1.82, 2.24) is 4.90 Å². The lowest BCUT2D eigenvalue weighted by molar-refractivity contribution is 0.0213. The Labute approximate surface area is 101 Å². The van der Waals surface area contributed by atoms with Crippen LogP contribution >= 0.6 is 0 Å². The van der Waals surface area contributed by atoms with Gasteiger partial charge in [0.1, 0.15) is 0 Å². The molecule has 3 unspecified atom stereocenters. The molecule has 2 rings (SSSR count). The fourth-order valence-corrected chi connectivity index (χ4v) is 3.96. The van der Waals surface area contributed by atoms with Crippen LogP contribution in [0.15, 0.2) is 0 Å². The van der Waals surface area contributed by atoms with E-state index in [1.807, 2.05) is 0 Å². The van der Waals surface area contributed by atoms with Crippen LogP contribution in [0.1, 0.15) is 52.9 Å². The second kappa shape index (κ2) is 4.66. The average molecular weight is 224 g/mol. The van der Waals surface area contributed by atoms with E-state index in [1.54, 1.807) is 0 Å². The highest BCUT2D eigenvalue weighted by Crippen LogP contribution is 2.43. The summed E-state index contributed by atoms with van der Waals surface area (Å²) < 4.78 is 0. The number of hydrogen-bond donors (Lipinski definition) is 1. The molecule has 0 aromatic carbocycles. The summed E-state index contributed by atoms with van der Waals surface area (Å²) in [6.07, 6.45) is 6.91. The summed E-state index contributed by atoms with van der Waals surface area (Å²) in [7, 11) is 0. The number of nitrogens with zero attached hydrogens (tertiary/aromatic N) is 1. The number of rotatable bonds is 2. The van der Waals surface area contributed by atoms with E-state index < -0.39 is 0 Å². The van der Waals surface area contributed by atoms with Gasteiger partial charge in [-0.1, -0.05) is 27.2 Å². The third kappa shape index (κ3) is 2.14. The zero-order valence-electron chi connectivity index (χ0n) is 11.2. The molecule has 0 spiro atoms. The fourth-order valence-electron chi connectivity index (χ4n) is 3.96.